The van der Waals surface area contributed by atoms with Crippen LogP contribution in [-0.4, -0.2) is 60.2 Å². The van der Waals surface area contributed by atoms with E-state index in [4.69, 9.17) is 33.1 Å². The van der Waals surface area contributed by atoms with Crippen molar-refractivity contribution in [2.75, 3.05) is 19.0 Å². The van der Waals surface area contributed by atoms with Crippen molar-refractivity contribution in [1.29, 1.82) is 0 Å². The summed E-state index contributed by atoms with van der Waals surface area (Å²) in [6, 6.07) is 5.99. The lowest BCUT2D eigenvalue weighted by Gasteiger charge is -2.15. The van der Waals surface area contributed by atoms with E-state index in [-0.39, 0.29) is 39.7 Å². The number of aromatic nitrogens is 2. The highest BCUT2D eigenvalue weighted by molar-refractivity contribution is 7.84. The van der Waals surface area contributed by atoms with E-state index >= 15 is 0 Å². The summed E-state index contributed by atoms with van der Waals surface area (Å²) >= 11 is 13.5. The minimum atomic E-state index is -4.13. The van der Waals surface area contributed by atoms with Crippen molar-refractivity contribution >= 4 is 56.4 Å². The molecule has 5 N–H and O–H groups in total. The van der Waals surface area contributed by atoms with Gasteiger partial charge in [0.15, 0.2) is 0 Å². The molecule has 4 atom stereocenters. The fourth-order valence-corrected chi connectivity index (χ4v) is 6.11. The predicted molar refractivity (Wildman–Crippen MR) is 142 cm³/mol. The zero-order chi connectivity index (χ0) is 27.6. The lowest BCUT2D eigenvalue weighted by atomic mass is 10.0. The number of nitrogens with zero attached hydrogens (tertiary/aromatic N) is 2. The van der Waals surface area contributed by atoms with Gasteiger partial charge in [0, 0.05) is 34.3 Å². The van der Waals surface area contributed by atoms with Crippen LogP contribution >= 0.6 is 34.5 Å². The maximum Gasteiger partial charge on any atom is 0.333 e. The topological polar surface area (TPSA) is 174 Å². The number of carbonyl (C=O) groups excluding carboxylic acids is 1. The number of thiophene rings is 1. The Hall–Kier alpha value is -2.36. The van der Waals surface area contributed by atoms with Crippen molar-refractivity contribution in [3.8, 4) is 5.75 Å². The Bertz CT molecular complexity index is 1440. The summed E-state index contributed by atoms with van der Waals surface area (Å²) in [6.07, 6.45) is 1.23. The van der Waals surface area contributed by atoms with E-state index in [0.29, 0.717) is 28.3 Å². The van der Waals surface area contributed by atoms with E-state index in [0.717, 1.165) is 11.3 Å². The molecule has 0 bridgehead atoms. The number of hydrogen-bond donors (Lipinski definition) is 4. The van der Waals surface area contributed by atoms with E-state index in [9.17, 15) is 23.4 Å². The second-order valence-electron chi connectivity index (χ2n) is 8.66. The first-order valence-electron chi connectivity index (χ1n) is 11.2. The van der Waals surface area contributed by atoms with Crippen LogP contribution < -0.4 is 15.2 Å². The van der Waals surface area contributed by atoms with Gasteiger partial charge in [-0.15, -0.1) is 11.3 Å². The molecule has 2 aromatic heterocycles. The highest BCUT2D eigenvalue weighted by Crippen LogP contribution is 2.40. The summed E-state index contributed by atoms with van der Waals surface area (Å²) in [5.74, 6) is -0.260. The number of halogens is 2. The standard InChI is InChI=1S/C23H24Cl2N4O7S2/c1-35-18-3-2-12(24)5-14(18)20(31)15-7-19(37-22(15)25)21(32)16-8-27-10-28-23(16)29-13-4-11(17(30)6-13)9-36-38(26,33)34/h2-3,5,7-8,10-11,13,17,20,30-31H,4,6,9H2,1H3,(H2,26,33,34)(H,27,28,29)/t11-,13-,17+,20+/m1/s1. The lowest BCUT2D eigenvalue weighted by molar-refractivity contribution is 0.101. The number of nitrogens with two attached hydrogens (primary N) is 1. The maximum absolute atomic E-state index is 13.4. The molecule has 0 spiro atoms. The van der Waals surface area contributed by atoms with Crippen LogP contribution in [0.5, 0.6) is 5.75 Å². The number of hydrogen-bond acceptors (Lipinski definition) is 11. The average Bonchev–Trinajstić information content (AvgIpc) is 3.43. The number of aliphatic hydroxyl groups excluding tert-OH is 2. The van der Waals surface area contributed by atoms with Crippen LogP contribution in [0, 0.1) is 5.92 Å². The first-order valence-corrected chi connectivity index (χ1v) is 14.3. The number of nitrogens with one attached hydrogen (secondary N) is 1. The molecule has 15 heteroatoms. The molecule has 1 fully saturated rings. The van der Waals surface area contributed by atoms with Gasteiger partial charge in [0.1, 0.15) is 24.0 Å². The third-order valence-electron chi connectivity index (χ3n) is 6.12. The van der Waals surface area contributed by atoms with Crippen molar-refractivity contribution in [2.24, 2.45) is 11.1 Å². The normalized spacial score (nSPS) is 20.3. The Kier molecular flexibility index (Phi) is 8.89. The molecule has 2 heterocycles. The molecule has 1 aromatic carbocycles. The first kappa shape index (κ1) is 28.6. The minimum Gasteiger partial charge on any atom is -0.496 e. The third-order valence-corrected chi connectivity index (χ3v) is 8.21. The summed E-state index contributed by atoms with van der Waals surface area (Å²) in [7, 11) is -2.66. The molecule has 11 nitrogen and oxygen atoms in total. The number of benzene rings is 1. The van der Waals surface area contributed by atoms with Gasteiger partial charge in [-0.2, -0.15) is 8.42 Å². The van der Waals surface area contributed by atoms with Crippen molar-refractivity contribution in [2.45, 2.75) is 31.1 Å². The molecule has 0 aliphatic heterocycles. The second kappa shape index (κ2) is 11.8. The van der Waals surface area contributed by atoms with Crippen LogP contribution in [0.15, 0.2) is 36.8 Å². The fraction of sp³-hybridized carbons (Fsp3) is 0.348. The quantitative estimate of drug-likeness (QED) is 0.252. The monoisotopic (exact) mass is 602 g/mol. The molecule has 1 aliphatic carbocycles. The number of ketones is 1. The molecule has 0 radical (unpaired) electrons. The van der Waals surface area contributed by atoms with Crippen molar-refractivity contribution < 1.29 is 32.3 Å². The van der Waals surface area contributed by atoms with Gasteiger partial charge in [-0.1, -0.05) is 23.2 Å². The second-order valence-corrected chi connectivity index (χ2v) is 12.0. The molecule has 1 aliphatic rings. The molecule has 0 saturated heterocycles. The molecule has 0 unspecified atom stereocenters. The van der Waals surface area contributed by atoms with Crippen LogP contribution in [0.1, 0.15) is 45.3 Å². The first-order chi connectivity index (χ1) is 18.0. The van der Waals surface area contributed by atoms with Gasteiger partial charge >= 0.3 is 10.3 Å². The van der Waals surface area contributed by atoms with E-state index < -0.39 is 34.2 Å². The van der Waals surface area contributed by atoms with Crippen molar-refractivity contribution in [1.82, 2.24) is 9.97 Å². The van der Waals surface area contributed by atoms with Gasteiger partial charge in [0.05, 0.1) is 34.6 Å². The fourth-order valence-electron chi connectivity index (χ4n) is 4.29. The Morgan fingerprint density at radius 3 is 2.76 bits per heavy atom. The van der Waals surface area contributed by atoms with Crippen LogP contribution in [0.3, 0.4) is 0 Å². The predicted octanol–water partition coefficient (Wildman–Crippen LogP) is 2.94. The smallest absolute Gasteiger partial charge is 0.333 e. The zero-order valence-corrected chi connectivity index (χ0v) is 23.0. The van der Waals surface area contributed by atoms with Gasteiger partial charge in [-0.25, -0.2) is 15.1 Å². The number of methoxy groups -OCH3 is 1. The van der Waals surface area contributed by atoms with Crippen molar-refractivity contribution in [3.63, 3.8) is 0 Å². The SMILES string of the molecule is COc1ccc(Cl)cc1[C@H](O)c1cc(C(=O)c2cncnc2N[C@@H]2C[C@H](COS(N)(=O)=O)[C@@H](O)C2)sc1Cl. The molecule has 204 valence electrons. The van der Waals surface area contributed by atoms with Crippen LogP contribution in [-0.2, 0) is 14.5 Å². The molecular formula is C23H24Cl2N4O7S2. The summed E-state index contributed by atoms with van der Waals surface area (Å²) in [4.78, 5) is 21.8. The Morgan fingerprint density at radius 1 is 1.29 bits per heavy atom. The van der Waals surface area contributed by atoms with Gasteiger partial charge in [0.2, 0.25) is 5.78 Å². The van der Waals surface area contributed by atoms with Crippen LogP contribution in [0.2, 0.25) is 9.36 Å². The van der Waals surface area contributed by atoms with Gasteiger partial charge in [0.25, 0.3) is 0 Å². The molecular weight excluding hydrogens is 579 g/mol. The average molecular weight is 604 g/mol. The number of ether oxygens (including phenoxy) is 1. The summed E-state index contributed by atoms with van der Waals surface area (Å²) in [5.41, 5.74) is 0.860. The summed E-state index contributed by atoms with van der Waals surface area (Å²) in [6.45, 7) is -0.260. The van der Waals surface area contributed by atoms with Crippen LogP contribution in [0.25, 0.3) is 0 Å². The van der Waals surface area contributed by atoms with Gasteiger partial charge in [-0.05, 0) is 37.1 Å². The number of anilines is 1. The van der Waals surface area contributed by atoms with Crippen LogP contribution in [0.4, 0.5) is 5.82 Å². The summed E-state index contributed by atoms with van der Waals surface area (Å²) < 4.78 is 32.3. The molecule has 1 saturated carbocycles. The molecule has 3 aromatic rings. The van der Waals surface area contributed by atoms with E-state index in [1.54, 1.807) is 18.2 Å². The highest BCUT2D eigenvalue weighted by Gasteiger charge is 2.35. The van der Waals surface area contributed by atoms with Gasteiger partial charge in [-0.3, -0.25) is 8.98 Å². The molecule has 38 heavy (non-hydrogen) atoms. The molecule has 4 rings (SSSR count). The maximum atomic E-state index is 13.4. The van der Waals surface area contributed by atoms with E-state index in [1.807, 2.05) is 0 Å². The molecule has 0 amide bonds. The number of aliphatic hydroxyl groups is 2. The zero-order valence-electron chi connectivity index (χ0n) is 19.9. The Balaban J connectivity index is 1.54. The number of carbonyl (C=O) groups is 1. The Labute approximate surface area is 232 Å². The van der Waals surface area contributed by atoms with Gasteiger partial charge < -0.3 is 20.3 Å². The lowest BCUT2D eigenvalue weighted by Crippen LogP contribution is -2.24. The van der Waals surface area contributed by atoms with E-state index in [2.05, 4.69) is 19.5 Å². The van der Waals surface area contributed by atoms with E-state index in [1.165, 1.54) is 25.7 Å². The largest absolute Gasteiger partial charge is 0.496 e. The minimum absolute atomic E-state index is 0.158. The summed E-state index contributed by atoms with van der Waals surface area (Å²) in [5, 5.41) is 29.7. The highest BCUT2D eigenvalue weighted by atomic mass is 35.5. The van der Waals surface area contributed by atoms with Crippen molar-refractivity contribution in [3.05, 3.63) is 67.7 Å². The third kappa shape index (κ3) is 6.61. The number of rotatable bonds is 10. The Morgan fingerprint density at radius 2 is 2.05 bits per heavy atom.